The Hall–Kier alpha value is -1.59. The molecular formula is C20H30N2O3. The first-order chi connectivity index (χ1) is 11.7. The SMILES string of the molecule is CN1CC2(CCN(Cc3ccc(CCC(C)(C)O)cc3)CC2)OC1=O. The third kappa shape index (κ3) is 4.73. The molecule has 25 heavy (non-hydrogen) atoms. The van der Waals surface area contributed by atoms with E-state index in [4.69, 9.17) is 4.74 Å². The molecule has 2 fully saturated rings. The van der Waals surface area contributed by atoms with Gasteiger partial charge in [0.1, 0.15) is 5.60 Å². The summed E-state index contributed by atoms with van der Waals surface area (Å²) in [6.45, 7) is 7.28. The first-order valence-corrected chi connectivity index (χ1v) is 9.21. The molecule has 1 N–H and O–H groups in total. The van der Waals surface area contributed by atoms with E-state index in [1.807, 2.05) is 20.9 Å². The van der Waals surface area contributed by atoms with Gasteiger partial charge in [-0.2, -0.15) is 0 Å². The molecule has 2 aliphatic rings. The van der Waals surface area contributed by atoms with Crippen molar-refractivity contribution >= 4 is 6.09 Å². The smallest absolute Gasteiger partial charge is 0.410 e. The molecule has 2 saturated heterocycles. The minimum atomic E-state index is -0.611. The van der Waals surface area contributed by atoms with Gasteiger partial charge in [-0.15, -0.1) is 0 Å². The van der Waals surface area contributed by atoms with Crippen LogP contribution in [0.1, 0.15) is 44.2 Å². The lowest BCUT2D eigenvalue weighted by molar-refractivity contribution is -0.00120. The fourth-order valence-electron chi connectivity index (χ4n) is 3.69. The van der Waals surface area contributed by atoms with Crippen LogP contribution >= 0.6 is 0 Å². The van der Waals surface area contributed by atoms with Crippen molar-refractivity contribution in [2.75, 3.05) is 26.7 Å². The van der Waals surface area contributed by atoms with Crippen molar-refractivity contribution in [3.8, 4) is 0 Å². The molecule has 1 aromatic rings. The monoisotopic (exact) mass is 346 g/mol. The van der Waals surface area contributed by atoms with Crippen LogP contribution in [0.2, 0.25) is 0 Å². The molecule has 0 aromatic heterocycles. The minimum absolute atomic E-state index is 0.185. The quantitative estimate of drug-likeness (QED) is 0.891. The third-order valence-electron chi connectivity index (χ3n) is 5.36. The van der Waals surface area contributed by atoms with Crippen LogP contribution < -0.4 is 0 Å². The van der Waals surface area contributed by atoms with E-state index in [0.29, 0.717) is 0 Å². The summed E-state index contributed by atoms with van der Waals surface area (Å²) < 4.78 is 5.61. The number of benzene rings is 1. The lowest BCUT2D eigenvalue weighted by atomic mass is 9.91. The van der Waals surface area contributed by atoms with Crippen molar-refractivity contribution in [3.05, 3.63) is 35.4 Å². The average Bonchev–Trinajstić information content (AvgIpc) is 2.82. The second kappa shape index (κ2) is 6.96. The van der Waals surface area contributed by atoms with Gasteiger partial charge in [0, 0.05) is 39.5 Å². The Balaban J connectivity index is 1.48. The minimum Gasteiger partial charge on any atom is -0.441 e. The zero-order chi connectivity index (χ0) is 18.1. The lowest BCUT2D eigenvalue weighted by Crippen LogP contribution is -2.46. The van der Waals surface area contributed by atoms with Crippen molar-refractivity contribution < 1.29 is 14.6 Å². The van der Waals surface area contributed by atoms with E-state index in [2.05, 4.69) is 29.2 Å². The molecule has 1 spiro atoms. The van der Waals surface area contributed by atoms with Gasteiger partial charge in [-0.3, -0.25) is 4.90 Å². The Kier molecular flexibility index (Phi) is 5.07. The van der Waals surface area contributed by atoms with Gasteiger partial charge in [0.05, 0.1) is 12.1 Å². The topological polar surface area (TPSA) is 53.0 Å². The Morgan fingerprint density at radius 2 is 1.76 bits per heavy atom. The molecule has 0 atom stereocenters. The number of carbonyl (C=O) groups excluding carboxylic acids is 1. The molecule has 5 nitrogen and oxygen atoms in total. The number of carbonyl (C=O) groups is 1. The van der Waals surface area contributed by atoms with Gasteiger partial charge in [-0.1, -0.05) is 24.3 Å². The number of piperidine rings is 1. The van der Waals surface area contributed by atoms with E-state index in [0.717, 1.165) is 51.9 Å². The largest absolute Gasteiger partial charge is 0.441 e. The number of likely N-dealkylation sites (N-methyl/N-ethyl adjacent to an activating group) is 1. The lowest BCUT2D eigenvalue weighted by Gasteiger charge is -2.37. The van der Waals surface area contributed by atoms with Crippen molar-refractivity contribution in [3.63, 3.8) is 0 Å². The van der Waals surface area contributed by atoms with Gasteiger partial charge < -0.3 is 14.7 Å². The maximum atomic E-state index is 11.6. The highest BCUT2D eigenvalue weighted by molar-refractivity contribution is 5.70. The normalized spacial score (nSPS) is 21.0. The Labute approximate surface area is 150 Å². The summed E-state index contributed by atoms with van der Waals surface area (Å²) in [5, 5.41) is 9.83. The predicted molar refractivity (Wildman–Crippen MR) is 97.4 cm³/mol. The van der Waals surface area contributed by atoms with Crippen LogP contribution in [0.5, 0.6) is 0 Å². The van der Waals surface area contributed by atoms with Crippen LogP contribution in [0.25, 0.3) is 0 Å². The van der Waals surface area contributed by atoms with E-state index in [1.165, 1.54) is 11.1 Å². The van der Waals surface area contributed by atoms with Gasteiger partial charge in [-0.25, -0.2) is 4.79 Å². The zero-order valence-electron chi connectivity index (χ0n) is 15.6. The molecule has 0 aliphatic carbocycles. The maximum Gasteiger partial charge on any atom is 0.410 e. The standard InChI is InChI=1S/C20H30N2O3/c1-19(2,24)9-8-16-4-6-17(7-5-16)14-22-12-10-20(11-13-22)15-21(3)18(23)25-20/h4-7,24H,8-15H2,1-3H3. The number of aliphatic hydroxyl groups is 1. The number of hydrogen-bond acceptors (Lipinski definition) is 4. The number of ether oxygens (including phenoxy) is 1. The highest BCUT2D eigenvalue weighted by Gasteiger charge is 2.45. The molecule has 0 radical (unpaired) electrons. The van der Waals surface area contributed by atoms with Gasteiger partial charge in [0.2, 0.25) is 0 Å². The molecule has 2 aliphatic heterocycles. The van der Waals surface area contributed by atoms with Crippen LogP contribution in [-0.2, 0) is 17.7 Å². The molecule has 138 valence electrons. The number of rotatable bonds is 5. The highest BCUT2D eigenvalue weighted by atomic mass is 16.6. The summed E-state index contributed by atoms with van der Waals surface area (Å²) in [7, 11) is 1.81. The van der Waals surface area contributed by atoms with E-state index in [9.17, 15) is 9.90 Å². The van der Waals surface area contributed by atoms with Crippen LogP contribution in [0.3, 0.4) is 0 Å². The van der Waals surface area contributed by atoms with Crippen LogP contribution in [0.4, 0.5) is 4.79 Å². The van der Waals surface area contributed by atoms with Crippen molar-refractivity contribution in [2.24, 2.45) is 0 Å². The molecule has 1 amide bonds. The van der Waals surface area contributed by atoms with E-state index in [1.54, 1.807) is 4.90 Å². The van der Waals surface area contributed by atoms with E-state index in [-0.39, 0.29) is 11.7 Å². The molecule has 5 heteroatoms. The number of nitrogens with zero attached hydrogens (tertiary/aromatic N) is 2. The highest BCUT2D eigenvalue weighted by Crippen LogP contribution is 2.32. The Morgan fingerprint density at radius 3 is 2.28 bits per heavy atom. The van der Waals surface area contributed by atoms with Gasteiger partial charge in [0.15, 0.2) is 0 Å². The van der Waals surface area contributed by atoms with Crippen LogP contribution in [0.15, 0.2) is 24.3 Å². The number of aryl methyl sites for hydroxylation is 1. The molecule has 3 rings (SSSR count). The Morgan fingerprint density at radius 1 is 1.16 bits per heavy atom. The predicted octanol–water partition coefficient (Wildman–Crippen LogP) is 2.81. The van der Waals surface area contributed by atoms with Gasteiger partial charge in [0.25, 0.3) is 0 Å². The number of amides is 1. The zero-order valence-corrected chi connectivity index (χ0v) is 15.6. The fourth-order valence-corrected chi connectivity index (χ4v) is 3.69. The third-order valence-corrected chi connectivity index (χ3v) is 5.36. The second-order valence-electron chi connectivity index (χ2n) is 8.31. The summed E-state index contributed by atoms with van der Waals surface area (Å²) >= 11 is 0. The van der Waals surface area contributed by atoms with Gasteiger partial charge >= 0.3 is 6.09 Å². The van der Waals surface area contributed by atoms with Crippen molar-refractivity contribution in [2.45, 2.75) is 57.3 Å². The Bertz CT molecular complexity index is 598. The van der Waals surface area contributed by atoms with E-state index < -0.39 is 5.60 Å². The summed E-state index contributed by atoms with van der Waals surface area (Å²) in [6, 6.07) is 8.71. The summed E-state index contributed by atoms with van der Waals surface area (Å²) in [5.74, 6) is 0. The molecule has 0 bridgehead atoms. The molecule has 0 unspecified atom stereocenters. The number of likely N-dealkylation sites (tertiary alicyclic amines) is 1. The summed E-state index contributed by atoms with van der Waals surface area (Å²) in [4.78, 5) is 15.8. The van der Waals surface area contributed by atoms with Crippen molar-refractivity contribution in [1.82, 2.24) is 9.80 Å². The molecular weight excluding hydrogens is 316 g/mol. The molecule has 2 heterocycles. The first-order valence-electron chi connectivity index (χ1n) is 9.21. The second-order valence-corrected chi connectivity index (χ2v) is 8.31. The number of hydrogen-bond donors (Lipinski definition) is 1. The van der Waals surface area contributed by atoms with Gasteiger partial charge in [-0.05, 0) is 37.8 Å². The van der Waals surface area contributed by atoms with Crippen LogP contribution in [0, 0.1) is 0 Å². The summed E-state index contributed by atoms with van der Waals surface area (Å²) in [5.41, 5.74) is 1.71. The fraction of sp³-hybridized carbons (Fsp3) is 0.650. The van der Waals surface area contributed by atoms with E-state index >= 15 is 0 Å². The average molecular weight is 346 g/mol. The first kappa shape index (κ1) is 18.2. The summed E-state index contributed by atoms with van der Waals surface area (Å²) in [6.07, 6.45) is 3.30. The molecule has 1 aromatic carbocycles. The van der Waals surface area contributed by atoms with Crippen LogP contribution in [-0.4, -0.2) is 58.9 Å². The molecule has 0 saturated carbocycles. The maximum absolute atomic E-state index is 11.6. The van der Waals surface area contributed by atoms with Crippen molar-refractivity contribution in [1.29, 1.82) is 0 Å².